The zero-order valence-electron chi connectivity index (χ0n) is 27.3. The first-order valence-electron chi connectivity index (χ1n) is 17.2. The lowest BCUT2D eigenvalue weighted by Crippen LogP contribution is -2.17. The molecule has 0 saturated carbocycles. The highest BCUT2D eigenvalue weighted by Gasteiger charge is 2.25. The SMILES string of the molecule is c1ccc(C2=NC(c3cccc4oc5ccc(-c6ccc7sc8ccccc8c7c6)cc5c34)=NC(c3ccc4c(c3)sc3ccccc34)C2)cc1. The van der Waals surface area contributed by atoms with Gasteiger partial charge in [-0.2, -0.15) is 0 Å². The highest BCUT2D eigenvalue weighted by atomic mass is 32.1. The monoisotopic (exact) mass is 688 g/mol. The summed E-state index contributed by atoms with van der Waals surface area (Å²) in [5, 5.41) is 7.33. The van der Waals surface area contributed by atoms with Crippen LogP contribution >= 0.6 is 22.7 Å². The minimum absolute atomic E-state index is 0.0709. The molecule has 0 bridgehead atoms. The quantitative estimate of drug-likeness (QED) is 0.181. The van der Waals surface area contributed by atoms with Crippen LogP contribution in [0.3, 0.4) is 0 Å². The van der Waals surface area contributed by atoms with E-state index in [9.17, 15) is 0 Å². The average molecular weight is 689 g/mol. The average Bonchev–Trinajstić information content (AvgIpc) is 3.88. The number of rotatable bonds is 4. The molecule has 0 radical (unpaired) electrons. The summed E-state index contributed by atoms with van der Waals surface area (Å²) < 4.78 is 11.7. The Balaban J connectivity index is 1.08. The number of benzene rings is 7. The van der Waals surface area contributed by atoms with E-state index >= 15 is 0 Å². The molecule has 240 valence electrons. The molecule has 0 amide bonds. The molecule has 1 unspecified atom stereocenters. The number of hydrogen-bond acceptors (Lipinski definition) is 5. The van der Waals surface area contributed by atoms with Gasteiger partial charge in [0.05, 0.1) is 11.8 Å². The molecule has 5 heteroatoms. The van der Waals surface area contributed by atoms with E-state index in [1.165, 1.54) is 51.5 Å². The molecule has 1 aliphatic rings. The first kappa shape index (κ1) is 28.9. The zero-order chi connectivity index (χ0) is 33.5. The number of thiophene rings is 2. The van der Waals surface area contributed by atoms with Crippen LogP contribution in [0.4, 0.5) is 0 Å². The second-order valence-corrected chi connectivity index (χ2v) is 15.4. The van der Waals surface area contributed by atoms with Gasteiger partial charge in [-0.1, -0.05) is 103 Å². The molecule has 0 fully saturated rings. The Morgan fingerprint density at radius 1 is 0.490 bits per heavy atom. The van der Waals surface area contributed by atoms with Crippen LogP contribution in [0.2, 0.25) is 0 Å². The molecule has 1 atom stereocenters. The van der Waals surface area contributed by atoms with Crippen molar-refractivity contribution in [3.8, 4) is 11.1 Å². The molecule has 0 N–H and O–H groups in total. The summed E-state index contributed by atoms with van der Waals surface area (Å²) in [6, 6.07) is 54.3. The van der Waals surface area contributed by atoms with E-state index in [1.54, 1.807) is 0 Å². The van der Waals surface area contributed by atoms with E-state index in [1.807, 2.05) is 22.7 Å². The summed E-state index contributed by atoms with van der Waals surface area (Å²) >= 11 is 3.70. The van der Waals surface area contributed by atoms with E-state index in [4.69, 9.17) is 14.4 Å². The molecule has 0 spiro atoms. The molecule has 3 nitrogen and oxygen atoms in total. The van der Waals surface area contributed by atoms with Gasteiger partial charge < -0.3 is 4.42 Å². The third-order valence-electron chi connectivity index (χ3n) is 10.2. The second-order valence-electron chi connectivity index (χ2n) is 13.3. The molecule has 0 saturated heterocycles. The van der Waals surface area contributed by atoms with E-state index < -0.39 is 0 Å². The van der Waals surface area contributed by atoms with Crippen molar-refractivity contribution in [1.82, 2.24) is 0 Å². The normalized spacial score (nSPS) is 15.0. The summed E-state index contributed by atoms with van der Waals surface area (Å²) in [6.07, 6.45) is 0.732. The van der Waals surface area contributed by atoms with Gasteiger partial charge in [0.2, 0.25) is 0 Å². The fourth-order valence-corrected chi connectivity index (χ4v) is 10.0. The van der Waals surface area contributed by atoms with Crippen molar-refractivity contribution in [3.05, 3.63) is 168 Å². The summed E-state index contributed by atoms with van der Waals surface area (Å²) in [5.74, 6) is 0.742. The summed E-state index contributed by atoms with van der Waals surface area (Å²) in [4.78, 5) is 10.7. The fourth-order valence-electron chi connectivity index (χ4n) is 7.76. The standard InChI is InChI=1S/C46H28N2OS2/c1-2-9-27(10-3-1)37-26-38(30-17-20-33-31-11-4-6-15-41(31)51-44(33)25-30)48-46(47-37)34-13-8-14-40-45(34)36-24-28(18-21-39(36)49-40)29-19-22-43-35(23-29)32-12-5-7-16-42(32)50-43/h1-25,38H,26H2. The molecular formula is C46H28N2OS2. The number of hydrogen-bond donors (Lipinski definition) is 0. The van der Waals surface area contributed by atoms with Gasteiger partial charge in [-0.25, -0.2) is 4.99 Å². The van der Waals surface area contributed by atoms with Crippen LogP contribution in [-0.2, 0) is 0 Å². The summed E-state index contributed by atoms with van der Waals surface area (Å²) in [5.41, 5.74) is 8.42. The van der Waals surface area contributed by atoms with Crippen molar-refractivity contribution < 1.29 is 4.42 Å². The van der Waals surface area contributed by atoms with E-state index in [0.717, 1.165) is 56.6 Å². The van der Waals surface area contributed by atoms with Gasteiger partial charge in [0.15, 0.2) is 5.84 Å². The minimum Gasteiger partial charge on any atom is -0.456 e. The largest absolute Gasteiger partial charge is 0.456 e. The number of amidine groups is 1. The highest BCUT2D eigenvalue weighted by Crippen LogP contribution is 2.41. The molecule has 11 rings (SSSR count). The lowest BCUT2D eigenvalue weighted by molar-refractivity contribution is 0.669. The summed E-state index contributed by atoms with van der Waals surface area (Å²) in [7, 11) is 0. The Labute approximate surface area is 301 Å². The van der Waals surface area contributed by atoms with Crippen LogP contribution in [0.25, 0.3) is 73.4 Å². The molecule has 51 heavy (non-hydrogen) atoms. The van der Waals surface area contributed by atoms with Gasteiger partial charge in [0, 0.05) is 63.1 Å². The Hall–Kier alpha value is -5.88. The van der Waals surface area contributed by atoms with Gasteiger partial charge in [-0.15, -0.1) is 22.7 Å². The van der Waals surface area contributed by atoms with Crippen molar-refractivity contribution in [3.63, 3.8) is 0 Å². The topological polar surface area (TPSA) is 37.9 Å². The minimum atomic E-state index is -0.0709. The van der Waals surface area contributed by atoms with Crippen LogP contribution in [0.15, 0.2) is 166 Å². The predicted molar refractivity (Wildman–Crippen MR) is 218 cm³/mol. The van der Waals surface area contributed by atoms with Crippen molar-refractivity contribution >= 4 is 96.5 Å². The van der Waals surface area contributed by atoms with E-state index in [0.29, 0.717) is 0 Å². The van der Waals surface area contributed by atoms with Crippen LogP contribution in [0.5, 0.6) is 0 Å². The van der Waals surface area contributed by atoms with Crippen LogP contribution in [0.1, 0.15) is 29.2 Å². The van der Waals surface area contributed by atoms with Gasteiger partial charge in [-0.05, 0) is 70.8 Å². The molecule has 0 aliphatic carbocycles. The maximum atomic E-state index is 6.49. The van der Waals surface area contributed by atoms with Crippen molar-refractivity contribution in [1.29, 1.82) is 0 Å². The molecule has 1 aliphatic heterocycles. The lowest BCUT2D eigenvalue weighted by Gasteiger charge is -2.22. The molecule has 3 aromatic heterocycles. The van der Waals surface area contributed by atoms with Gasteiger partial charge in [0.25, 0.3) is 0 Å². The highest BCUT2D eigenvalue weighted by molar-refractivity contribution is 7.26. The Morgan fingerprint density at radius 2 is 1.18 bits per heavy atom. The fraction of sp³-hybridized carbons (Fsp3) is 0.0435. The van der Waals surface area contributed by atoms with E-state index in [2.05, 4.69) is 152 Å². The van der Waals surface area contributed by atoms with Crippen molar-refractivity contribution in [2.24, 2.45) is 9.98 Å². The van der Waals surface area contributed by atoms with Gasteiger partial charge in [0.1, 0.15) is 11.2 Å². The number of furan rings is 1. The first-order chi connectivity index (χ1) is 25.2. The van der Waals surface area contributed by atoms with Gasteiger partial charge >= 0.3 is 0 Å². The molecule has 10 aromatic rings. The molecule has 4 heterocycles. The maximum Gasteiger partial charge on any atom is 0.156 e. The molecule has 7 aromatic carbocycles. The lowest BCUT2D eigenvalue weighted by atomic mass is 9.94. The van der Waals surface area contributed by atoms with Crippen LogP contribution < -0.4 is 0 Å². The third-order valence-corrected chi connectivity index (χ3v) is 12.5. The van der Waals surface area contributed by atoms with Gasteiger partial charge in [-0.3, -0.25) is 4.99 Å². The van der Waals surface area contributed by atoms with Crippen molar-refractivity contribution in [2.45, 2.75) is 12.5 Å². The number of aliphatic imine (C=N–C) groups is 2. The number of fused-ring (bicyclic) bond motifs is 9. The van der Waals surface area contributed by atoms with Crippen LogP contribution in [0, 0.1) is 0 Å². The predicted octanol–water partition coefficient (Wildman–Crippen LogP) is 13.4. The summed E-state index contributed by atoms with van der Waals surface area (Å²) in [6.45, 7) is 0. The second kappa shape index (κ2) is 11.3. The smallest absolute Gasteiger partial charge is 0.156 e. The van der Waals surface area contributed by atoms with Crippen LogP contribution in [-0.4, -0.2) is 11.5 Å². The number of nitrogens with zero attached hydrogens (tertiary/aromatic N) is 2. The van der Waals surface area contributed by atoms with Crippen molar-refractivity contribution in [2.75, 3.05) is 0 Å². The zero-order valence-corrected chi connectivity index (χ0v) is 29.0. The Bertz CT molecular complexity index is 3070. The maximum absolute atomic E-state index is 6.49. The third kappa shape index (κ3) is 4.69. The first-order valence-corrected chi connectivity index (χ1v) is 18.9. The molecular weight excluding hydrogens is 661 g/mol. The van der Waals surface area contributed by atoms with E-state index in [-0.39, 0.29) is 6.04 Å². The Morgan fingerprint density at radius 3 is 2.02 bits per heavy atom. The Kier molecular flexibility index (Phi) is 6.42.